The fourth-order valence-corrected chi connectivity index (χ4v) is 2.70. The summed E-state index contributed by atoms with van der Waals surface area (Å²) in [6.07, 6.45) is 0. The standard InChI is InChI=1S/C12H11ClN2O4S/c13-9-2-1-7(5-8(9)11(17)18)20-6-10(16)15-4-3-14-12(15)19/h1-2,5H,3-4,6H2,(H,14,19)(H,17,18). The van der Waals surface area contributed by atoms with Crippen molar-refractivity contribution in [1.29, 1.82) is 0 Å². The van der Waals surface area contributed by atoms with E-state index >= 15 is 0 Å². The highest BCUT2D eigenvalue weighted by Crippen LogP contribution is 2.25. The quantitative estimate of drug-likeness (QED) is 0.826. The largest absolute Gasteiger partial charge is 0.478 e. The van der Waals surface area contributed by atoms with Gasteiger partial charge in [-0.2, -0.15) is 0 Å². The summed E-state index contributed by atoms with van der Waals surface area (Å²) in [5.74, 6) is -1.37. The molecule has 1 heterocycles. The van der Waals surface area contributed by atoms with E-state index in [0.717, 1.165) is 16.7 Å². The molecule has 1 saturated heterocycles. The van der Waals surface area contributed by atoms with Gasteiger partial charge in [0.2, 0.25) is 5.91 Å². The van der Waals surface area contributed by atoms with Crippen molar-refractivity contribution in [2.75, 3.05) is 18.8 Å². The van der Waals surface area contributed by atoms with Crippen LogP contribution in [0.2, 0.25) is 5.02 Å². The van der Waals surface area contributed by atoms with Crippen molar-refractivity contribution in [1.82, 2.24) is 10.2 Å². The molecular formula is C12H11ClN2O4S. The summed E-state index contributed by atoms with van der Waals surface area (Å²) in [6.45, 7) is 0.818. The van der Waals surface area contributed by atoms with Crippen molar-refractivity contribution in [2.24, 2.45) is 0 Å². The number of halogens is 1. The predicted molar refractivity (Wildman–Crippen MR) is 74.2 cm³/mol. The van der Waals surface area contributed by atoms with Crippen molar-refractivity contribution < 1.29 is 19.5 Å². The average Bonchev–Trinajstić information content (AvgIpc) is 2.83. The molecule has 0 aromatic heterocycles. The smallest absolute Gasteiger partial charge is 0.337 e. The van der Waals surface area contributed by atoms with Gasteiger partial charge in [-0.05, 0) is 18.2 Å². The molecule has 1 fully saturated rings. The first-order valence-corrected chi connectivity index (χ1v) is 7.09. The predicted octanol–water partition coefficient (Wildman–Crippen LogP) is 1.68. The molecule has 2 N–H and O–H groups in total. The second kappa shape index (κ2) is 6.15. The molecule has 0 aliphatic carbocycles. The van der Waals surface area contributed by atoms with Crippen LogP contribution in [-0.2, 0) is 4.79 Å². The lowest BCUT2D eigenvalue weighted by Gasteiger charge is -2.11. The van der Waals surface area contributed by atoms with E-state index in [1.165, 1.54) is 12.1 Å². The molecule has 1 aromatic carbocycles. The van der Waals surface area contributed by atoms with E-state index in [0.29, 0.717) is 18.0 Å². The van der Waals surface area contributed by atoms with E-state index in [-0.39, 0.29) is 22.2 Å². The Morgan fingerprint density at radius 3 is 2.80 bits per heavy atom. The Hall–Kier alpha value is -1.73. The fraction of sp³-hybridized carbons (Fsp3) is 0.250. The molecule has 6 nitrogen and oxygen atoms in total. The van der Waals surface area contributed by atoms with Crippen molar-refractivity contribution in [3.05, 3.63) is 28.8 Å². The van der Waals surface area contributed by atoms with Gasteiger partial charge in [-0.25, -0.2) is 9.59 Å². The van der Waals surface area contributed by atoms with Crippen molar-refractivity contribution >= 4 is 41.3 Å². The molecule has 0 spiro atoms. The minimum absolute atomic E-state index is 0.0111. The number of amides is 3. The summed E-state index contributed by atoms with van der Waals surface area (Å²) in [7, 11) is 0. The number of benzene rings is 1. The van der Waals surface area contributed by atoms with E-state index in [4.69, 9.17) is 16.7 Å². The highest BCUT2D eigenvalue weighted by atomic mass is 35.5. The van der Waals surface area contributed by atoms with Gasteiger partial charge in [-0.1, -0.05) is 11.6 Å². The Labute approximate surface area is 124 Å². The van der Waals surface area contributed by atoms with Gasteiger partial charge >= 0.3 is 12.0 Å². The van der Waals surface area contributed by atoms with Gasteiger partial charge < -0.3 is 10.4 Å². The third kappa shape index (κ3) is 3.23. The maximum Gasteiger partial charge on any atom is 0.337 e. The Balaban J connectivity index is 2.00. The number of carbonyl (C=O) groups excluding carboxylic acids is 2. The van der Waals surface area contributed by atoms with E-state index in [1.807, 2.05) is 0 Å². The Morgan fingerprint density at radius 2 is 2.20 bits per heavy atom. The van der Waals surface area contributed by atoms with Crippen LogP contribution in [0, 0.1) is 0 Å². The topological polar surface area (TPSA) is 86.7 Å². The van der Waals surface area contributed by atoms with Crippen LogP contribution < -0.4 is 5.32 Å². The zero-order valence-corrected chi connectivity index (χ0v) is 11.8. The molecule has 1 aromatic rings. The van der Waals surface area contributed by atoms with Crippen LogP contribution in [0.1, 0.15) is 10.4 Å². The minimum Gasteiger partial charge on any atom is -0.478 e. The SMILES string of the molecule is O=C(O)c1cc(SCC(=O)N2CCNC2=O)ccc1Cl. The molecule has 1 aliphatic heterocycles. The molecule has 3 amide bonds. The van der Waals surface area contributed by atoms with Gasteiger partial charge in [0, 0.05) is 18.0 Å². The van der Waals surface area contributed by atoms with Gasteiger partial charge in [-0.15, -0.1) is 11.8 Å². The van der Waals surface area contributed by atoms with Crippen LogP contribution in [0.15, 0.2) is 23.1 Å². The van der Waals surface area contributed by atoms with E-state index in [2.05, 4.69) is 5.32 Å². The number of nitrogens with zero attached hydrogens (tertiary/aromatic N) is 1. The molecule has 20 heavy (non-hydrogen) atoms. The zero-order chi connectivity index (χ0) is 14.7. The fourth-order valence-electron chi connectivity index (χ4n) is 1.69. The number of hydrogen-bond donors (Lipinski definition) is 2. The van der Waals surface area contributed by atoms with Gasteiger partial charge in [-0.3, -0.25) is 9.69 Å². The number of carboxylic acid groups (broad SMARTS) is 1. The van der Waals surface area contributed by atoms with Gasteiger partial charge in [0.05, 0.1) is 16.3 Å². The molecule has 0 unspecified atom stereocenters. The number of hydrogen-bond acceptors (Lipinski definition) is 4. The molecule has 0 saturated carbocycles. The van der Waals surface area contributed by atoms with Crippen molar-refractivity contribution in [3.63, 3.8) is 0 Å². The van der Waals surface area contributed by atoms with E-state index < -0.39 is 12.0 Å². The number of thioether (sulfide) groups is 1. The summed E-state index contributed by atoms with van der Waals surface area (Å²) in [5, 5.41) is 11.6. The van der Waals surface area contributed by atoms with Crippen LogP contribution in [0.5, 0.6) is 0 Å². The second-order valence-electron chi connectivity index (χ2n) is 4.01. The molecule has 106 valence electrons. The lowest BCUT2D eigenvalue weighted by atomic mass is 10.2. The minimum atomic E-state index is -1.12. The maximum absolute atomic E-state index is 11.8. The Morgan fingerprint density at radius 1 is 1.45 bits per heavy atom. The Kier molecular flexibility index (Phi) is 4.51. The average molecular weight is 315 g/mol. The highest BCUT2D eigenvalue weighted by molar-refractivity contribution is 8.00. The van der Waals surface area contributed by atoms with Crippen LogP contribution >= 0.6 is 23.4 Å². The summed E-state index contributed by atoms with van der Waals surface area (Å²) >= 11 is 6.92. The number of carbonyl (C=O) groups is 3. The number of rotatable bonds is 4. The van der Waals surface area contributed by atoms with Crippen LogP contribution in [0.4, 0.5) is 4.79 Å². The molecule has 1 aliphatic rings. The van der Waals surface area contributed by atoms with Crippen LogP contribution in [0.3, 0.4) is 0 Å². The number of carboxylic acids is 1. The number of aromatic carboxylic acids is 1. The van der Waals surface area contributed by atoms with Crippen molar-refractivity contribution in [3.8, 4) is 0 Å². The summed E-state index contributed by atoms with van der Waals surface area (Å²) < 4.78 is 0. The first-order chi connectivity index (χ1) is 9.49. The third-order valence-corrected chi connectivity index (χ3v) is 4.00. The van der Waals surface area contributed by atoms with Gasteiger partial charge in [0.15, 0.2) is 0 Å². The number of urea groups is 1. The molecule has 2 rings (SSSR count). The lowest BCUT2D eigenvalue weighted by Crippen LogP contribution is -2.35. The first-order valence-electron chi connectivity index (χ1n) is 5.73. The summed E-state index contributed by atoms with van der Waals surface area (Å²) in [5.41, 5.74) is -0.0111. The molecule has 0 bridgehead atoms. The summed E-state index contributed by atoms with van der Waals surface area (Å²) in [6, 6.07) is 4.13. The maximum atomic E-state index is 11.8. The van der Waals surface area contributed by atoms with Crippen LogP contribution in [0.25, 0.3) is 0 Å². The number of imide groups is 1. The van der Waals surface area contributed by atoms with E-state index in [1.54, 1.807) is 6.07 Å². The lowest BCUT2D eigenvalue weighted by molar-refractivity contribution is -0.124. The van der Waals surface area contributed by atoms with Gasteiger partial charge in [0.1, 0.15) is 0 Å². The zero-order valence-electron chi connectivity index (χ0n) is 10.3. The Bertz CT molecular complexity index is 579. The monoisotopic (exact) mass is 314 g/mol. The molecular weight excluding hydrogens is 304 g/mol. The second-order valence-corrected chi connectivity index (χ2v) is 5.47. The van der Waals surface area contributed by atoms with Crippen molar-refractivity contribution in [2.45, 2.75) is 4.90 Å². The first kappa shape index (κ1) is 14.7. The van der Waals surface area contributed by atoms with Crippen LogP contribution in [-0.4, -0.2) is 46.8 Å². The van der Waals surface area contributed by atoms with E-state index in [9.17, 15) is 14.4 Å². The number of nitrogens with one attached hydrogen (secondary N) is 1. The highest BCUT2D eigenvalue weighted by Gasteiger charge is 2.25. The summed E-state index contributed by atoms with van der Waals surface area (Å²) in [4.78, 5) is 35.8. The molecule has 0 atom stereocenters. The molecule has 8 heteroatoms. The normalized spacial score (nSPS) is 14.2. The molecule has 0 radical (unpaired) electrons. The van der Waals surface area contributed by atoms with Gasteiger partial charge in [0.25, 0.3) is 0 Å². The third-order valence-electron chi connectivity index (χ3n) is 2.69.